The normalized spacial score (nSPS) is 25.4. The quantitative estimate of drug-likeness (QED) is 0.821. The minimum atomic E-state index is -0.281. The van der Waals surface area contributed by atoms with E-state index in [1.54, 1.807) is 0 Å². The maximum Gasteiger partial charge on any atom is 0.0823 e. The molecule has 3 atom stereocenters. The van der Waals surface area contributed by atoms with Gasteiger partial charge in [0.2, 0.25) is 0 Å². The molecule has 0 bridgehead atoms. The van der Waals surface area contributed by atoms with Gasteiger partial charge in [0.15, 0.2) is 0 Å². The zero-order valence-electron chi connectivity index (χ0n) is 11.4. The van der Waals surface area contributed by atoms with E-state index < -0.39 is 0 Å². The molecule has 2 rings (SSSR count). The van der Waals surface area contributed by atoms with E-state index in [-0.39, 0.29) is 6.10 Å². The van der Waals surface area contributed by atoms with E-state index in [1.165, 1.54) is 5.56 Å². The van der Waals surface area contributed by atoms with Gasteiger partial charge < -0.3 is 5.11 Å². The molecule has 0 heterocycles. The van der Waals surface area contributed by atoms with Crippen molar-refractivity contribution in [1.29, 1.82) is 0 Å². The van der Waals surface area contributed by atoms with Gasteiger partial charge in [0.05, 0.1) is 6.10 Å². The fourth-order valence-electron chi connectivity index (χ4n) is 2.54. The Morgan fingerprint density at radius 2 is 1.71 bits per heavy atom. The van der Waals surface area contributed by atoms with E-state index in [9.17, 15) is 5.11 Å². The average molecular weight is 232 g/mol. The SMILES string of the molecule is CCC(C)c1ccc(C(O)C2CC2(C)C)cc1. The van der Waals surface area contributed by atoms with E-state index in [1.807, 2.05) is 0 Å². The first-order chi connectivity index (χ1) is 7.95. The van der Waals surface area contributed by atoms with Gasteiger partial charge in [-0.25, -0.2) is 0 Å². The molecule has 1 aromatic carbocycles. The molecule has 1 aliphatic carbocycles. The van der Waals surface area contributed by atoms with Crippen molar-refractivity contribution in [2.75, 3.05) is 0 Å². The maximum atomic E-state index is 10.3. The molecular weight excluding hydrogens is 208 g/mol. The molecule has 94 valence electrons. The second-order valence-electron chi connectivity index (χ2n) is 6.22. The van der Waals surface area contributed by atoms with E-state index in [4.69, 9.17) is 0 Å². The molecule has 1 heteroatoms. The van der Waals surface area contributed by atoms with Crippen LogP contribution < -0.4 is 0 Å². The summed E-state index contributed by atoms with van der Waals surface area (Å²) < 4.78 is 0. The van der Waals surface area contributed by atoms with Crippen LogP contribution in [0.4, 0.5) is 0 Å². The van der Waals surface area contributed by atoms with Crippen LogP contribution in [-0.2, 0) is 0 Å². The number of rotatable bonds is 4. The zero-order valence-corrected chi connectivity index (χ0v) is 11.4. The predicted octanol–water partition coefficient (Wildman–Crippen LogP) is 4.28. The lowest BCUT2D eigenvalue weighted by Crippen LogP contribution is -2.05. The second-order valence-corrected chi connectivity index (χ2v) is 6.22. The van der Waals surface area contributed by atoms with Crippen molar-refractivity contribution in [3.8, 4) is 0 Å². The standard InChI is InChI=1S/C16H24O/c1-5-11(2)12-6-8-13(9-7-12)15(17)14-10-16(14,3)4/h6-9,11,14-15,17H,5,10H2,1-4H3. The van der Waals surface area contributed by atoms with E-state index in [0.717, 1.165) is 18.4 Å². The van der Waals surface area contributed by atoms with Gasteiger partial charge >= 0.3 is 0 Å². The first-order valence-corrected chi connectivity index (χ1v) is 6.73. The first-order valence-electron chi connectivity index (χ1n) is 6.73. The molecule has 0 saturated heterocycles. The van der Waals surface area contributed by atoms with Crippen LogP contribution in [0.1, 0.15) is 63.7 Å². The Labute approximate surface area is 105 Å². The molecule has 0 aliphatic heterocycles. The average Bonchev–Trinajstić information content (AvgIpc) is 2.97. The lowest BCUT2D eigenvalue weighted by molar-refractivity contribution is 0.138. The number of hydrogen-bond acceptors (Lipinski definition) is 1. The fraction of sp³-hybridized carbons (Fsp3) is 0.625. The van der Waals surface area contributed by atoms with Crippen LogP contribution in [0.5, 0.6) is 0 Å². The summed E-state index contributed by atoms with van der Waals surface area (Å²) in [5.41, 5.74) is 2.78. The van der Waals surface area contributed by atoms with Gasteiger partial charge in [-0.1, -0.05) is 52.0 Å². The van der Waals surface area contributed by atoms with Crippen LogP contribution in [-0.4, -0.2) is 5.11 Å². The molecule has 0 amide bonds. The molecule has 1 nitrogen and oxygen atoms in total. The minimum Gasteiger partial charge on any atom is -0.388 e. The smallest absolute Gasteiger partial charge is 0.0823 e. The van der Waals surface area contributed by atoms with Crippen molar-refractivity contribution in [3.05, 3.63) is 35.4 Å². The van der Waals surface area contributed by atoms with Crippen molar-refractivity contribution in [2.45, 2.75) is 52.6 Å². The molecule has 0 aromatic heterocycles. The summed E-state index contributed by atoms with van der Waals surface area (Å²) in [5, 5.41) is 10.3. The van der Waals surface area contributed by atoms with Gasteiger partial charge in [0, 0.05) is 0 Å². The van der Waals surface area contributed by atoms with E-state index >= 15 is 0 Å². The Balaban J connectivity index is 2.08. The van der Waals surface area contributed by atoms with Crippen LogP contribution >= 0.6 is 0 Å². The van der Waals surface area contributed by atoms with Crippen molar-refractivity contribution in [2.24, 2.45) is 11.3 Å². The van der Waals surface area contributed by atoms with Gasteiger partial charge in [-0.2, -0.15) is 0 Å². The van der Waals surface area contributed by atoms with Crippen LogP contribution in [0, 0.1) is 11.3 Å². The lowest BCUT2D eigenvalue weighted by atomic mass is 9.94. The highest BCUT2D eigenvalue weighted by Gasteiger charge is 2.50. The van der Waals surface area contributed by atoms with Gasteiger partial charge in [0.25, 0.3) is 0 Å². The molecule has 17 heavy (non-hydrogen) atoms. The third-order valence-electron chi connectivity index (χ3n) is 4.43. The molecule has 1 fully saturated rings. The van der Waals surface area contributed by atoms with Crippen LogP contribution in [0.15, 0.2) is 24.3 Å². The monoisotopic (exact) mass is 232 g/mol. The number of hydrogen-bond donors (Lipinski definition) is 1. The highest BCUT2D eigenvalue weighted by atomic mass is 16.3. The molecule has 1 saturated carbocycles. The maximum absolute atomic E-state index is 10.3. The molecule has 0 radical (unpaired) electrons. The summed E-state index contributed by atoms with van der Waals surface area (Å²) in [6.07, 6.45) is 2.02. The fourth-order valence-corrected chi connectivity index (χ4v) is 2.54. The molecule has 3 unspecified atom stereocenters. The van der Waals surface area contributed by atoms with Crippen LogP contribution in [0.25, 0.3) is 0 Å². The van der Waals surface area contributed by atoms with Gasteiger partial charge in [-0.05, 0) is 41.2 Å². The first kappa shape index (κ1) is 12.6. The summed E-state index contributed by atoms with van der Waals surface area (Å²) in [6.45, 7) is 8.92. The summed E-state index contributed by atoms with van der Waals surface area (Å²) >= 11 is 0. The summed E-state index contributed by atoms with van der Waals surface area (Å²) in [5.74, 6) is 1.05. The predicted molar refractivity (Wildman–Crippen MR) is 72.0 cm³/mol. The van der Waals surface area contributed by atoms with Crippen molar-refractivity contribution >= 4 is 0 Å². The number of aliphatic hydroxyl groups excluding tert-OH is 1. The Morgan fingerprint density at radius 1 is 1.24 bits per heavy atom. The second kappa shape index (κ2) is 4.45. The molecule has 0 spiro atoms. The summed E-state index contributed by atoms with van der Waals surface area (Å²) in [6, 6.07) is 8.53. The highest BCUT2D eigenvalue weighted by Crippen LogP contribution is 2.57. The van der Waals surface area contributed by atoms with Crippen molar-refractivity contribution in [3.63, 3.8) is 0 Å². The molecular formula is C16H24O. The van der Waals surface area contributed by atoms with Crippen LogP contribution in [0.2, 0.25) is 0 Å². The minimum absolute atomic E-state index is 0.281. The van der Waals surface area contributed by atoms with Crippen molar-refractivity contribution < 1.29 is 5.11 Å². The Bertz CT molecular complexity index is 377. The third-order valence-corrected chi connectivity index (χ3v) is 4.43. The molecule has 1 N–H and O–H groups in total. The van der Waals surface area contributed by atoms with E-state index in [2.05, 4.69) is 52.0 Å². The Kier molecular flexibility index (Phi) is 3.31. The van der Waals surface area contributed by atoms with Crippen LogP contribution in [0.3, 0.4) is 0 Å². The van der Waals surface area contributed by atoms with Gasteiger partial charge in [-0.3, -0.25) is 0 Å². The zero-order chi connectivity index (χ0) is 12.6. The van der Waals surface area contributed by atoms with Gasteiger partial charge in [0.1, 0.15) is 0 Å². The summed E-state index contributed by atoms with van der Waals surface area (Å²) in [7, 11) is 0. The van der Waals surface area contributed by atoms with Gasteiger partial charge in [-0.15, -0.1) is 0 Å². The van der Waals surface area contributed by atoms with E-state index in [0.29, 0.717) is 17.3 Å². The summed E-state index contributed by atoms with van der Waals surface area (Å²) in [4.78, 5) is 0. The third kappa shape index (κ3) is 2.55. The largest absolute Gasteiger partial charge is 0.388 e. The lowest BCUT2D eigenvalue weighted by Gasteiger charge is -2.15. The molecule has 1 aromatic rings. The number of benzene rings is 1. The Hall–Kier alpha value is -0.820. The topological polar surface area (TPSA) is 20.2 Å². The highest BCUT2D eigenvalue weighted by molar-refractivity contribution is 5.28. The number of aliphatic hydroxyl groups is 1. The Morgan fingerprint density at radius 3 is 2.12 bits per heavy atom. The van der Waals surface area contributed by atoms with Crippen molar-refractivity contribution in [1.82, 2.24) is 0 Å². The molecule has 1 aliphatic rings.